The first-order valence-electron chi connectivity index (χ1n) is 7.21. The summed E-state index contributed by atoms with van der Waals surface area (Å²) in [6, 6.07) is 3.28. The SMILES string of the molecule is CC1CCCC1C(=O)Nc1cc2c(cc1N)OCC(=O)N2. The Balaban J connectivity index is 1.80. The Bertz CT molecular complexity index is 600. The quantitative estimate of drug-likeness (QED) is 0.726. The number of amides is 2. The highest BCUT2D eigenvalue weighted by Crippen LogP contribution is 2.37. The Morgan fingerprint density at radius 2 is 2.24 bits per heavy atom. The molecule has 6 heteroatoms. The zero-order valence-electron chi connectivity index (χ0n) is 11.9. The molecule has 0 radical (unpaired) electrons. The number of nitrogens with two attached hydrogens (primary N) is 1. The maximum atomic E-state index is 12.3. The van der Waals surface area contributed by atoms with E-state index in [0.717, 1.165) is 19.3 Å². The van der Waals surface area contributed by atoms with Crippen LogP contribution in [0.25, 0.3) is 0 Å². The second-order valence-corrected chi connectivity index (χ2v) is 5.78. The Labute approximate surface area is 123 Å². The molecule has 3 rings (SSSR count). The average Bonchev–Trinajstić information content (AvgIpc) is 2.86. The highest BCUT2D eigenvalue weighted by Gasteiger charge is 2.30. The Hall–Kier alpha value is -2.24. The van der Waals surface area contributed by atoms with Crippen LogP contribution in [-0.2, 0) is 9.59 Å². The van der Waals surface area contributed by atoms with Gasteiger partial charge in [-0.2, -0.15) is 0 Å². The lowest BCUT2D eigenvalue weighted by molar-refractivity contribution is -0.120. The summed E-state index contributed by atoms with van der Waals surface area (Å²) in [5, 5.41) is 5.58. The van der Waals surface area contributed by atoms with Gasteiger partial charge in [0.1, 0.15) is 5.75 Å². The number of ether oxygens (including phenoxy) is 1. The highest BCUT2D eigenvalue weighted by molar-refractivity contribution is 6.00. The van der Waals surface area contributed by atoms with Crippen molar-refractivity contribution in [1.82, 2.24) is 0 Å². The maximum absolute atomic E-state index is 12.3. The predicted octanol–water partition coefficient (Wildman–Crippen LogP) is 1.97. The summed E-state index contributed by atoms with van der Waals surface area (Å²) in [6.07, 6.45) is 3.09. The summed E-state index contributed by atoms with van der Waals surface area (Å²) < 4.78 is 5.29. The zero-order valence-corrected chi connectivity index (χ0v) is 11.9. The van der Waals surface area contributed by atoms with E-state index in [1.807, 2.05) is 0 Å². The third kappa shape index (κ3) is 2.66. The van der Waals surface area contributed by atoms with Crippen molar-refractivity contribution in [3.8, 4) is 5.75 Å². The Kier molecular flexibility index (Phi) is 3.45. The summed E-state index contributed by atoms with van der Waals surface area (Å²) in [4.78, 5) is 23.7. The van der Waals surface area contributed by atoms with Crippen molar-refractivity contribution in [2.45, 2.75) is 26.2 Å². The number of benzene rings is 1. The van der Waals surface area contributed by atoms with Crippen LogP contribution in [-0.4, -0.2) is 18.4 Å². The Morgan fingerprint density at radius 1 is 1.43 bits per heavy atom. The van der Waals surface area contributed by atoms with Crippen molar-refractivity contribution in [2.75, 3.05) is 23.0 Å². The number of rotatable bonds is 2. The number of nitrogens with one attached hydrogen (secondary N) is 2. The molecule has 112 valence electrons. The molecule has 0 saturated heterocycles. The molecule has 21 heavy (non-hydrogen) atoms. The summed E-state index contributed by atoms with van der Waals surface area (Å²) in [5.74, 6) is 0.737. The van der Waals surface area contributed by atoms with E-state index in [0.29, 0.717) is 28.7 Å². The van der Waals surface area contributed by atoms with Gasteiger partial charge in [-0.3, -0.25) is 9.59 Å². The molecule has 6 nitrogen and oxygen atoms in total. The maximum Gasteiger partial charge on any atom is 0.262 e. The average molecular weight is 289 g/mol. The summed E-state index contributed by atoms with van der Waals surface area (Å²) in [7, 11) is 0. The third-order valence-electron chi connectivity index (χ3n) is 4.24. The molecule has 2 aliphatic rings. The van der Waals surface area contributed by atoms with Crippen molar-refractivity contribution < 1.29 is 14.3 Å². The molecule has 2 atom stereocenters. The van der Waals surface area contributed by atoms with Gasteiger partial charge in [0.15, 0.2) is 6.61 Å². The number of hydrogen-bond donors (Lipinski definition) is 3. The molecule has 1 aliphatic carbocycles. The second-order valence-electron chi connectivity index (χ2n) is 5.78. The molecule has 1 heterocycles. The molecule has 2 amide bonds. The molecule has 4 N–H and O–H groups in total. The number of carbonyl (C=O) groups excluding carboxylic acids is 2. The van der Waals surface area contributed by atoms with Crippen LogP contribution in [0.5, 0.6) is 5.75 Å². The minimum Gasteiger partial charge on any atom is -0.482 e. The van der Waals surface area contributed by atoms with Gasteiger partial charge in [-0.15, -0.1) is 0 Å². The predicted molar refractivity (Wildman–Crippen MR) is 80.1 cm³/mol. The molecular formula is C15H19N3O3. The number of fused-ring (bicyclic) bond motifs is 1. The van der Waals surface area contributed by atoms with Crippen LogP contribution in [0.4, 0.5) is 17.1 Å². The fourth-order valence-corrected chi connectivity index (χ4v) is 3.01. The van der Waals surface area contributed by atoms with Crippen LogP contribution < -0.4 is 21.1 Å². The zero-order chi connectivity index (χ0) is 15.0. The smallest absolute Gasteiger partial charge is 0.262 e. The van der Waals surface area contributed by atoms with Gasteiger partial charge in [0, 0.05) is 12.0 Å². The van der Waals surface area contributed by atoms with E-state index < -0.39 is 0 Å². The van der Waals surface area contributed by atoms with Gasteiger partial charge < -0.3 is 21.1 Å². The minimum absolute atomic E-state index is 0.00490. The molecule has 0 spiro atoms. The van der Waals surface area contributed by atoms with Crippen LogP contribution in [0, 0.1) is 11.8 Å². The van der Waals surface area contributed by atoms with E-state index >= 15 is 0 Å². The minimum atomic E-state index is -0.214. The third-order valence-corrected chi connectivity index (χ3v) is 4.24. The first-order valence-corrected chi connectivity index (χ1v) is 7.21. The lowest BCUT2D eigenvalue weighted by Gasteiger charge is -2.21. The van der Waals surface area contributed by atoms with E-state index in [-0.39, 0.29) is 24.3 Å². The van der Waals surface area contributed by atoms with Gasteiger partial charge in [0.2, 0.25) is 5.91 Å². The van der Waals surface area contributed by atoms with E-state index in [1.165, 1.54) is 0 Å². The van der Waals surface area contributed by atoms with Crippen molar-refractivity contribution in [2.24, 2.45) is 11.8 Å². The van der Waals surface area contributed by atoms with Gasteiger partial charge in [0.25, 0.3) is 5.91 Å². The molecule has 1 aliphatic heterocycles. The number of nitrogen functional groups attached to an aromatic ring is 1. The van der Waals surface area contributed by atoms with Crippen molar-refractivity contribution in [1.29, 1.82) is 0 Å². The standard InChI is InChI=1S/C15H19N3O3/c1-8-3-2-4-9(8)15(20)18-11-6-12-13(5-10(11)16)21-7-14(19)17-12/h5-6,8-9H,2-4,7,16H2,1H3,(H,17,19)(H,18,20). The largest absolute Gasteiger partial charge is 0.482 e. The lowest BCUT2D eigenvalue weighted by Crippen LogP contribution is -2.27. The van der Waals surface area contributed by atoms with Crippen molar-refractivity contribution in [3.05, 3.63) is 12.1 Å². The van der Waals surface area contributed by atoms with E-state index in [9.17, 15) is 9.59 Å². The molecular weight excluding hydrogens is 270 g/mol. The van der Waals surface area contributed by atoms with Gasteiger partial charge in [-0.25, -0.2) is 0 Å². The van der Waals surface area contributed by atoms with Gasteiger partial charge >= 0.3 is 0 Å². The molecule has 1 fully saturated rings. The second kappa shape index (κ2) is 5.27. The summed E-state index contributed by atoms with van der Waals surface area (Å²) >= 11 is 0. The van der Waals surface area contributed by atoms with Crippen LogP contribution in [0.1, 0.15) is 26.2 Å². The first kappa shape index (κ1) is 13.7. The van der Waals surface area contributed by atoms with Crippen LogP contribution >= 0.6 is 0 Å². The molecule has 0 bridgehead atoms. The number of hydrogen-bond acceptors (Lipinski definition) is 4. The highest BCUT2D eigenvalue weighted by atomic mass is 16.5. The fourth-order valence-electron chi connectivity index (χ4n) is 3.01. The van der Waals surface area contributed by atoms with Crippen LogP contribution in [0.15, 0.2) is 12.1 Å². The van der Waals surface area contributed by atoms with Gasteiger partial charge in [-0.05, 0) is 24.8 Å². The fraction of sp³-hybridized carbons (Fsp3) is 0.467. The summed E-state index contributed by atoms with van der Waals surface area (Å²) in [5.41, 5.74) is 7.44. The molecule has 1 saturated carbocycles. The van der Waals surface area contributed by atoms with E-state index in [1.54, 1.807) is 12.1 Å². The molecule has 0 aromatic heterocycles. The van der Waals surface area contributed by atoms with Gasteiger partial charge in [-0.1, -0.05) is 13.3 Å². The number of anilines is 3. The lowest BCUT2D eigenvalue weighted by atomic mass is 9.97. The normalized spacial score (nSPS) is 24.0. The monoisotopic (exact) mass is 289 g/mol. The number of carbonyl (C=O) groups is 2. The van der Waals surface area contributed by atoms with Gasteiger partial charge in [0.05, 0.1) is 17.1 Å². The molecule has 1 aromatic rings. The van der Waals surface area contributed by atoms with E-state index in [4.69, 9.17) is 10.5 Å². The molecule has 2 unspecified atom stereocenters. The van der Waals surface area contributed by atoms with Crippen molar-refractivity contribution >= 4 is 28.9 Å². The van der Waals surface area contributed by atoms with Crippen LogP contribution in [0.3, 0.4) is 0 Å². The molecule has 1 aromatic carbocycles. The summed E-state index contributed by atoms with van der Waals surface area (Å²) in [6.45, 7) is 2.08. The Morgan fingerprint density at radius 3 is 2.95 bits per heavy atom. The van der Waals surface area contributed by atoms with Crippen LogP contribution in [0.2, 0.25) is 0 Å². The van der Waals surface area contributed by atoms with E-state index in [2.05, 4.69) is 17.6 Å². The van der Waals surface area contributed by atoms with Crippen molar-refractivity contribution in [3.63, 3.8) is 0 Å². The first-order chi connectivity index (χ1) is 10.0. The topological polar surface area (TPSA) is 93.5 Å².